The van der Waals surface area contributed by atoms with Crippen LogP contribution < -0.4 is 0 Å². The lowest BCUT2D eigenvalue weighted by Crippen LogP contribution is -2.21. The summed E-state index contributed by atoms with van der Waals surface area (Å²) in [5.74, 6) is -0.170. The standard InChI is InChI=1S/C26H26ClFN2/c1-25(2,3)21-15-30-22-9-6-16(10-20(22)24(21)28)13-26(4,5)18-11-17-7-8-19(27)12-23(17)29-14-18/h6-12,14-15H,13H2,1-5H3. The van der Waals surface area contributed by atoms with Crippen molar-refractivity contribution in [2.24, 2.45) is 0 Å². The lowest BCUT2D eigenvalue weighted by Gasteiger charge is -2.26. The van der Waals surface area contributed by atoms with Gasteiger partial charge in [0.2, 0.25) is 0 Å². The average molecular weight is 421 g/mol. The minimum atomic E-state index is -0.291. The Hall–Kier alpha value is -2.52. The molecule has 4 aromatic rings. The molecule has 2 aromatic carbocycles. The first kappa shape index (κ1) is 20.7. The summed E-state index contributed by atoms with van der Waals surface area (Å²) >= 11 is 6.08. The van der Waals surface area contributed by atoms with E-state index >= 15 is 4.39 Å². The number of hydrogen-bond acceptors (Lipinski definition) is 2. The monoisotopic (exact) mass is 420 g/mol. The molecule has 30 heavy (non-hydrogen) atoms. The molecule has 154 valence electrons. The molecule has 0 saturated heterocycles. The first-order valence-electron chi connectivity index (χ1n) is 10.2. The van der Waals surface area contributed by atoms with E-state index in [1.807, 2.05) is 63.4 Å². The van der Waals surface area contributed by atoms with Gasteiger partial charge in [0, 0.05) is 33.8 Å². The maximum atomic E-state index is 15.2. The van der Waals surface area contributed by atoms with E-state index in [2.05, 4.69) is 29.9 Å². The minimum Gasteiger partial charge on any atom is -0.256 e. The first-order valence-corrected chi connectivity index (χ1v) is 10.6. The molecular formula is C26H26ClFN2. The lowest BCUT2D eigenvalue weighted by molar-refractivity contribution is 0.519. The molecule has 0 amide bonds. The van der Waals surface area contributed by atoms with E-state index < -0.39 is 0 Å². The molecule has 0 aliphatic carbocycles. The smallest absolute Gasteiger partial charge is 0.137 e. The fraction of sp³-hybridized carbons (Fsp3) is 0.308. The molecule has 0 saturated carbocycles. The van der Waals surface area contributed by atoms with E-state index in [0.29, 0.717) is 21.5 Å². The Labute approximate surface area is 182 Å². The number of nitrogens with zero attached hydrogens (tertiary/aromatic N) is 2. The molecule has 4 heteroatoms. The van der Waals surface area contributed by atoms with Crippen LogP contribution in [0.1, 0.15) is 51.3 Å². The highest BCUT2D eigenvalue weighted by Crippen LogP contribution is 2.33. The molecule has 0 unspecified atom stereocenters. The second kappa shape index (κ2) is 7.31. The highest BCUT2D eigenvalue weighted by atomic mass is 35.5. The first-order chi connectivity index (χ1) is 14.0. The minimum absolute atomic E-state index is 0.167. The van der Waals surface area contributed by atoms with Crippen LogP contribution >= 0.6 is 11.6 Å². The van der Waals surface area contributed by atoms with Crippen molar-refractivity contribution in [1.29, 1.82) is 0 Å². The summed E-state index contributed by atoms with van der Waals surface area (Å²) in [6.45, 7) is 10.4. The van der Waals surface area contributed by atoms with Gasteiger partial charge in [-0.05, 0) is 58.7 Å². The Bertz CT molecular complexity index is 1260. The van der Waals surface area contributed by atoms with Gasteiger partial charge in [-0.3, -0.25) is 9.97 Å². The Morgan fingerprint density at radius 1 is 0.867 bits per heavy atom. The Kier molecular flexibility index (Phi) is 5.06. The van der Waals surface area contributed by atoms with Gasteiger partial charge < -0.3 is 0 Å². The van der Waals surface area contributed by atoms with Gasteiger partial charge in [0.15, 0.2) is 0 Å². The highest BCUT2D eigenvalue weighted by molar-refractivity contribution is 6.31. The molecule has 0 N–H and O–H groups in total. The number of hydrogen-bond donors (Lipinski definition) is 0. The van der Waals surface area contributed by atoms with Gasteiger partial charge >= 0.3 is 0 Å². The van der Waals surface area contributed by atoms with E-state index in [1.165, 1.54) is 0 Å². The van der Waals surface area contributed by atoms with Crippen LogP contribution in [0.15, 0.2) is 54.9 Å². The van der Waals surface area contributed by atoms with Crippen LogP contribution in [0.4, 0.5) is 4.39 Å². The van der Waals surface area contributed by atoms with Gasteiger partial charge in [0.05, 0.1) is 11.0 Å². The molecule has 0 spiro atoms. The Morgan fingerprint density at radius 2 is 1.60 bits per heavy atom. The SMILES string of the molecule is CC(C)(C)c1cnc2ccc(CC(C)(C)c3cnc4cc(Cl)ccc4c3)cc2c1F. The normalized spacial score (nSPS) is 12.6. The van der Waals surface area contributed by atoms with Crippen molar-refractivity contribution in [3.63, 3.8) is 0 Å². The van der Waals surface area contributed by atoms with Gasteiger partial charge in [-0.1, -0.05) is 58.4 Å². The number of benzene rings is 2. The summed E-state index contributed by atoms with van der Waals surface area (Å²) in [5, 5.41) is 2.33. The molecule has 4 rings (SSSR count). The van der Waals surface area contributed by atoms with Gasteiger partial charge in [0.25, 0.3) is 0 Å². The number of halogens is 2. The summed E-state index contributed by atoms with van der Waals surface area (Å²) in [6.07, 6.45) is 4.34. The van der Waals surface area contributed by atoms with Crippen LogP contribution in [-0.2, 0) is 17.3 Å². The maximum Gasteiger partial charge on any atom is 0.137 e. The molecule has 0 radical (unpaired) electrons. The van der Waals surface area contributed by atoms with Crippen LogP contribution in [-0.4, -0.2) is 9.97 Å². The number of fused-ring (bicyclic) bond motifs is 2. The van der Waals surface area contributed by atoms with Crippen molar-refractivity contribution in [2.75, 3.05) is 0 Å². The van der Waals surface area contributed by atoms with Crippen LogP contribution in [0.2, 0.25) is 5.02 Å². The summed E-state index contributed by atoms with van der Waals surface area (Å²) in [7, 11) is 0. The lowest BCUT2D eigenvalue weighted by atomic mass is 9.79. The molecule has 0 atom stereocenters. The van der Waals surface area contributed by atoms with E-state index in [4.69, 9.17) is 11.6 Å². The summed E-state index contributed by atoms with van der Waals surface area (Å²) in [4.78, 5) is 9.08. The number of rotatable bonds is 3. The zero-order valence-electron chi connectivity index (χ0n) is 18.1. The summed E-state index contributed by atoms with van der Waals surface area (Å²) < 4.78 is 15.2. The summed E-state index contributed by atoms with van der Waals surface area (Å²) in [6, 6.07) is 13.8. The van der Waals surface area contributed by atoms with Crippen molar-refractivity contribution in [1.82, 2.24) is 9.97 Å². The van der Waals surface area contributed by atoms with Crippen LogP contribution in [0.3, 0.4) is 0 Å². The molecule has 2 aromatic heterocycles. The predicted octanol–water partition coefficient (Wildman–Crippen LogP) is 7.39. The van der Waals surface area contributed by atoms with E-state index in [1.54, 1.807) is 6.20 Å². The molecule has 2 nitrogen and oxygen atoms in total. The fourth-order valence-corrected chi connectivity index (χ4v) is 4.08. The molecule has 0 fully saturated rings. The third kappa shape index (κ3) is 3.91. The Morgan fingerprint density at radius 3 is 2.33 bits per heavy atom. The third-order valence-electron chi connectivity index (χ3n) is 5.75. The van der Waals surface area contributed by atoms with Crippen molar-refractivity contribution < 1.29 is 4.39 Å². The van der Waals surface area contributed by atoms with Crippen LogP contribution in [0.25, 0.3) is 21.8 Å². The van der Waals surface area contributed by atoms with E-state index in [9.17, 15) is 0 Å². The number of pyridine rings is 2. The second-order valence-electron chi connectivity index (χ2n) is 9.71. The van der Waals surface area contributed by atoms with E-state index in [-0.39, 0.29) is 16.6 Å². The molecule has 0 aliphatic heterocycles. The predicted molar refractivity (Wildman–Crippen MR) is 124 cm³/mol. The van der Waals surface area contributed by atoms with Crippen molar-refractivity contribution >= 4 is 33.4 Å². The zero-order valence-corrected chi connectivity index (χ0v) is 18.8. The molecule has 0 aliphatic rings. The molecule has 2 heterocycles. The summed E-state index contributed by atoms with van der Waals surface area (Å²) in [5.41, 5.74) is 3.97. The van der Waals surface area contributed by atoms with Crippen LogP contribution in [0, 0.1) is 5.82 Å². The topological polar surface area (TPSA) is 25.8 Å². The van der Waals surface area contributed by atoms with Crippen molar-refractivity contribution in [3.8, 4) is 0 Å². The van der Waals surface area contributed by atoms with Crippen molar-refractivity contribution in [3.05, 3.63) is 82.4 Å². The fourth-order valence-electron chi connectivity index (χ4n) is 3.92. The number of aromatic nitrogens is 2. The average Bonchev–Trinajstić information content (AvgIpc) is 2.67. The Balaban J connectivity index is 1.72. The highest BCUT2D eigenvalue weighted by Gasteiger charge is 2.24. The van der Waals surface area contributed by atoms with Gasteiger partial charge in [0.1, 0.15) is 5.82 Å². The molecule has 0 bridgehead atoms. The van der Waals surface area contributed by atoms with Crippen LogP contribution in [0.5, 0.6) is 0 Å². The van der Waals surface area contributed by atoms with Gasteiger partial charge in [-0.25, -0.2) is 4.39 Å². The second-order valence-corrected chi connectivity index (χ2v) is 10.1. The maximum absolute atomic E-state index is 15.2. The van der Waals surface area contributed by atoms with E-state index in [0.717, 1.165) is 28.5 Å². The largest absolute Gasteiger partial charge is 0.256 e. The molecular weight excluding hydrogens is 395 g/mol. The van der Waals surface area contributed by atoms with Crippen molar-refractivity contribution in [2.45, 2.75) is 51.9 Å². The third-order valence-corrected chi connectivity index (χ3v) is 5.98. The zero-order chi connectivity index (χ0) is 21.7. The van der Waals surface area contributed by atoms with Gasteiger partial charge in [-0.15, -0.1) is 0 Å². The quantitative estimate of drug-likeness (QED) is 0.345. The van der Waals surface area contributed by atoms with Gasteiger partial charge in [-0.2, -0.15) is 0 Å².